The van der Waals surface area contributed by atoms with Crippen LogP contribution in [0.15, 0.2) is 11.4 Å². The molecule has 0 fully saturated rings. The van der Waals surface area contributed by atoms with Crippen molar-refractivity contribution in [3.05, 3.63) is 11.9 Å². The molecule has 1 aromatic heterocycles. The Morgan fingerprint density at radius 3 is 2.89 bits per heavy atom. The SMILES string of the molecule is CCCNC(=O)CCn1c(C)cnc1SCC(=O)O. The summed E-state index contributed by atoms with van der Waals surface area (Å²) in [6, 6.07) is 0. The van der Waals surface area contributed by atoms with Gasteiger partial charge in [0, 0.05) is 31.4 Å². The number of carboxylic acid groups (broad SMARTS) is 1. The number of hydrogen-bond acceptors (Lipinski definition) is 4. The Hall–Kier alpha value is -1.50. The van der Waals surface area contributed by atoms with Crippen LogP contribution >= 0.6 is 11.8 Å². The average molecular weight is 285 g/mol. The van der Waals surface area contributed by atoms with Crippen molar-refractivity contribution < 1.29 is 14.7 Å². The summed E-state index contributed by atoms with van der Waals surface area (Å²) >= 11 is 1.17. The van der Waals surface area contributed by atoms with Crippen molar-refractivity contribution in [1.82, 2.24) is 14.9 Å². The third-order valence-electron chi connectivity index (χ3n) is 2.48. The van der Waals surface area contributed by atoms with Gasteiger partial charge in [-0.1, -0.05) is 18.7 Å². The van der Waals surface area contributed by atoms with Crippen molar-refractivity contribution in [2.45, 2.75) is 38.4 Å². The van der Waals surface area contributed by atoms with Crippen LogP contribution in [0.3, 0.4) is 0 Å². The second-order valence-corrected chi connectivity index (χ2v) is 5.06. The number of aromatic nitrogens is 2. The molecule has 6 nitrogen and oxygen atoms in total. The van der Waals surface area contributed by atoms with Gasteiger partial charge in [-0.2, -0.15) is 0 Å². The molecule has 1 aromatic rings. The first kappa shape index (κ1) is 15.6. The molecule has 1 amide bonds. The predicted molar refractivity (Wildman–Crippen MR) is 73.2 cm³/mol. The number of amides is 1. The van der Waals surface area contributed by atoms with Gasteiger partial charge in [0.05, 0.1) is 5.75 Å². The van der Waals surface area contributed by atoms with Gasteiger partial charge >= 0.3 is 5.97 Å². The molecule has 106 valence electrons. The minimum Gasteiger partial charge on any atom is -0.481 e. The molecule has 2 N–H and O–H groups in total. The van der Waals surface area contributed by atoms with E-state index < -0.39 is 5.97 Å². The number of imidazole rings is 1. The van der Waals surface area contributed by atoms with Gasteiger partial charge < -0.3 is 15.0 Å². The van der Waals surface area contributed by atoms with Crippen molar-refractivity contribution >= 4 is 23.6 Å². The van der Waals surface area contributed by atoms with E-state index >= 15 is 0 Å². The quantitative estimate of drug-likeness (QED) is 0.703. The molecule has 0 unspecified atom stereocenters. The second-order valence-electron chi connectivity index (χ2n) is 4.12. The highest BCUT2D eigenvalue weighted by Gasteiger charge is 2.11. The van der Waals surface area contributed by atoms with Crippen molar-refractivity contribution in [1.29, 1.82) is 0 Å². The molecule has 0 aliphatic rings. The largest absolute Gasteiger partial charge is 0.481 e. The molecule has 1 heterocycles. The Labute approximate surface area is 116 Å². The van der Waals surface area contributed by atoms with Gasteiger partial charge in [0.15, 0.2) is 5.16 Å². The molecule has 1 rings (SSSR count). The van der Waals surface area contributed by atoms with E-state index in [4.69, 9.17) is 5.11 Å². The maximum atomic E-state index is 11.5. The molecule has 0 aliphatic carbocycles. The van der Waals surface area contributed by atoms with Crippen molar-refractivity contribution in [2.75, 3.05) is 12.3 Å². The third kappa shape index (κ3) is 5.34. The van der Waals surface area contributed by atoms with Gasteiger partial charge in [0.1, 0.15) is 0 Å². The fourth-order valence-electron chi connectivity index (χ4n) is 1.52. The summed E-state index contributed by atoms with van der Waals surface area (Å²) in [5.74, 6) is -0.902. The summed E-state index contributed by atoms with van der Waals surface area (Å²) in [5, 5.41) is 12.1. The zero-order chi connectivity index (χ0) is 14.3. The summed E-state index contributed by atoms with van der Waals surface area (Å²) in [5.41, 5.74) is 0.927. The summed E-state index contributed by atoms with van der Waals surface area (Å²) < 4.78 is 1.87. The average Bonchev–Trinajstić information content (AvgIpc) is 2.72. The Bertz CT molecular complexity index is 445. The third-order valence-corrected chi connectivity index (χ3v) is 3.45. The van der Waals surface area contributed by atoms with E-state index in [1.807, 2.05) is 18.4 Å². The van der Waals surface area contributed by atoms with Crippen LogP contribution in [0.5, 0.6) is 0 Å². The van der Waals surface area contributed by atoms with E-state index in [0.29, 0.717) is 24.7 Å². The van der Waals surface area contributed by atoms with Gasteiger partial charge in [-0.05, 0) is 13.3 Å². The summed E-state index contributed by atoms with van der Waals surface area (Å²) in [7, 11) is 0. The van der Waals surface area contributed by atoms with E-state index in [1.165, 1.54) is 11.8 Å². The van der Waals surface area contributed by atoms with Crippen LogP contribution in [0.2, 0.25) is 0 Å². The molecule has 0 aromatic carbocycles. The number of hydrogen-bond donors (Lipinski definition) is 2. The van der Waals surface area contributed by atoms with Crippen LogP contribution in [-0.4, -0.2) is 38.8 Å². The maximum Gasteiger partial charge on any atom is 0.313 e. The Morgan fingerprint density at radius 2 is 2.26 bits per heavy atom. The van der Waals surface area contributed by atoms with E-state index in [1.54, 1.807) is 6.20 Å². The normalized spacial score (nSPS) is 10.4. The number of thioether (sulfide) groups is 1. The maximum absolute atomic E-state index is 11.5. The molecule has 0 saturated heterocycles. The number of carbonyl (C=O) groups excluding carboxylic acids is 1. The van der Waals surface area contributed by atoms with Crippen LogP contribution in [0.1, 0.15) is 25.5 Å². The Balaban J connectivity index is 2.54. The lowest BCUT2D eigenvalue weighted by Gasteiger charge is -2.09. The minimum atomic E-state index is -0.877. The highest BCUT2D eigenvalue weighted by molar-refractivity contribution is 7.99. The van der Waals surface area contributed by atoms with Gasteiger partial charge in [0.2, 0.25) is 5.91 Å². The van der Waals surface area contributed by atoms with Crippen molar-refractivity contribution in [3.8, 4) is 0 Å². The van der Waals surface area contributed by atoms with Crippen molar-refractivity contribution in [3.63, 3.8) is 0 Å². The molecule has 0 aliphatic heterocycles. The molecule has 0 saturated carbocycles. The van der Waals surface area contributed by atoms with E-state index in [-0.39, 0.29) is 11.7 Å². The van der Waals surface area contributed by atoms with E-state index in [2.05, 4.69) is 10.3 Å². The number of aryl methyl sites for hydroxylation is 1. The molecular weight excluding hydrogens is 266 g/mol. The number of carboxylic acids is 1. The molecule has 0 spiro atoms. The second kappa shape index (κ2) is 7.83. The molecule has 0 bridgehead atoms. The molecule has 0 atom stereocenters. The lowest BCUT2D eigenvalue weighted by Crippen LogP contribution is -2.25. The number of aliphatic carboxylic acids is 1. The van der Waals surface area contributed by atoms with Crippen LogP contribution < -0.4 is 5.32 Å². The first-order chi connectivity index (χ1) is 9.04. The van der Waals surface area contributed by atoms with Crippen LogP contribution in [0.25, 0.3) is 0 Å². The van der Waals surface area contributed by atoms with E-state index in [9.17, 15) is 9.59 Å². The number of carbonyl (C=O) groups is 2. The van der Waals surface area contributed by atoms with Crippen molar-refractivity contribution in [2.24, 2.45) is 0 Å². The highest BCUT2D eigenvalue weighted by atomic mass is 32.2. The topological polar surface area (TPSA) is 84.2 Å². The minimum absolute atomic E-state index is 0.00383. The summed E-state index contributed by atoms with van der Waals surface area (Å²) in [6.45, 7) is 5.09. The van der Waals surface area contributed by atoms with Gasteiger partial charge in [-0.3, -0.25) is 9.59 Å². The monoisotopic (exact) mass is 285 g/mol. The smallest absolute Gasteiger partial charge is 0.313 e. The zero-order valence-corrected chi connectivity index (χ0v) is 12.0. The predicted octanol–water partition coefficient (Wildman–Crippen LogP) is 1.28. The number of rotatable bonds is 8. The zero-order valence-electron chi connectivity index (χ0n) is 11.2. The first-order valence-electron chi connectivity index (χ1n) is 6.18. The molecule has 19 heavy (non-hydrogen) atoms. The standard InChI is InChI=1S/C12H19N3O3S/c1-3-5-13-10(16)4-6-15-9(2)7-14-12(15)19-8-11(17)18/h7H,3-6,8H2,1-2H3,(H,13,16)(H,17,18). The summed E-state index contributed by atoms with van der Waals surface area (Å²) in [4.78, 5) is 26.3. The van der Waals surface area contributed by atoms with Crippen LogP contribution in [0, 0.1) is 6.92 Å². The molecule has 0 radical (unpaired) electrons. The first-order valence-corrected chi connectivity index (χ1v) is 7.16. The summed E-state index contributed by atoms with van der Waals surface area (Å²) in [6.07, 6.45) is 2.97. The van der Waals surface area contributed by atoms with Gasteiger partial charge in [-0.15, -0.1) is 0 Å². The van der Waals surface area contributed by atoms with E-state index in [0.717, 1.165) is 12.1 Å². The Morgan fingerprint density at radius 1 is 1.53 bits per heavy atom. The van der Waals surface area contributed by atoms with Gasteiger partial charge in [0.25, 0.3) is 0 Å². The van der Waals surface area contributed by atoms with Crippen LogP contribution in [-0.2, 0) is 16.1 Å². The number of nitrogens with zero attached hydrogens (tertiary/aromatic N) is 2. The molecular formula is C12H19N3O3S. The van der Waals surface area contributed by atoms with Crippen LogP contribution in [0.4, 0.5) is 0 Å². The lowest BCUT2D eigenvalue weighted by molar-refractivity contribution is -0.134. The van der Waals surface area contributed by atoms with Gasteiger partial charge in [-0.25, -0.2) is 4.98 Å². The fraction of sp³-hybridized carbons (Fsp3) is 0.583. The fourth-order valence-corrected chi connectivity index (χ4v) is 2.29. The molecule has 7 heteroatoms. The Kier molecular flexibility index (Phi) is 6.41. The lowest BCUT2D eigenvalue weighted by atomic mass is 10.3. The highest BCUT2D eigenvalue weighted by Crippen LogP contribution is 2.18. The number of nitrogens with one attached hydrogen (secondary N) is 1.